The molecule has 0 N–H and O–H groups in total. The topological polar surface area (TPSA) is 96.0 Å². The molecule has 1 saturated heterocycles. The predicted octanol–water partition coefficient (Wildman–Crippen LogP) is 2.62. The van der Waals surface area contributed by atoms with Crippen LogP contribution in [0.2, 0.25) is 0 Å². The molecule has 1 aliphatic heterocycles. The quantitative estimate of drug-likeness (QED) is 0.556. The van der Waals surface area contributed by atoms with Gasteiger partial charge >= 0.3 is 0 Å². The number of fused-ring (bicyclic) bond motifs is 1. The molecule has 2 aliphatic carbocycles. The second kappa shape index (κ2) is 8.00. The van der Waals surface area contributed by atoms with Crippen LogP contribution in [0.1, 0.15) is 37.2 Å². The minimum atomic E-state index is -0.463. The average molecular weight is 459 g/mol. The Bertz CT molecular complexity index is 1260. The van der Waals surface area contributed by atoms with Gasteiger partial charge in [0, 0.05) is 57.5 Å². The van der Waals surface area contributed by atoms with E-state index < -0.39 is 5.41 Å². The highest BCUT2D eigenvalue weighted by Gasteiger charge is 2.62. The second-order valence-corrected chi connectivity index (χ2v) is 10.2. The number of aryl methyl sites for hydroxylation is 1. The van der Waals surface area contributed by atoms with E-state index in [0.29, 0.717) is 5.41 Å². The predicted molar refractivity (Wildman–Crippen MR) is 128 cm³/mol. The van der Waals surface area contributed by atoms with Gasteiger partial charge in [-0.15, -0.1) is 0 Å². The van der Waals surface area contributed by atoms with E-state index in [-0.39, 0.29) is 0 Å². The lowest BCUT2D eigenvalue weighted by Crippen LogP contribution is -2.47. The van der Waals surface area contributed by atoms with Crippen LogP contribution in [0.15, 0.2) is 24.5 Å². The number of nitriles is 1. The van der Waals surface area contributed by atoms with Crippen molar-refractivity contribution in [3.8, 4) is 11.9 Å². The van der Waals surface area contributed by atoms with Crippen molar-refractivity contribution in [3.63, 3.8) is 0 Å². The van der Waals surface area contributed by atoms with Gasteiger partial charge in [-0.2, -0.15) is 10.4 Å². The first-order valence-corrected chi connectivity index (χ1v) is 12.1. The molecule has 0 bridgehead atoms. The highest BCUT2D eigenvalue weighted by molar-refractivity contribution is 5.80. The summed E-state index contributed by atoms with van der Waals surface area (Å²) < 4.78 is 7.08. The van der Waals surface area contributed by atoms with E-state index >= 15 is 0 Å². The zero-order valence-corrected chi connectivity index (χ0v) is 19.9. The molecule has 6 rings (SSSR count). The third-order valence-corrected chi connectivity index (χ3v) is 7.80. The van der Waals surface area contributed by atoms with Gasteiger partial charge in [0.25, 0.3) is 0 Å². The SMILES string of the molecule is COCCN1CCN(c2cc(-n3ncc4cnc(C5(C#N)CC6(CC6)C5)cc43)nc(C)n2)CC1. The van der Waals surface area contributed by atoms with Crippen molar-refractivity contribution < 1.29 is 4.74 Å². The molecular weight excluding hydrogens is 428 g/mol. The number of rotatable bonds is 6. The van der Waals surface area contributed by atoms with E-state index in [1.54, 1.807) is 7.11 Å². The van der Waals surface area contributed by atoms with Crippen LogP contribution in [-0.2, 0) is 10.2 Å². The lowest BCUT2D eigenvalue weighted by atomic mass is 9.58. The lowest BCUT2D eigenvalue weighted by molar-refractivity contribution is 0.144. The van der Waals surface area contributed by atoms with E-state index in [9.17, 15) is 5.26 Å². The van der Waals surface area contributed by atoms with Gasteiger partial charge in [-0.25, -0.2) is 14.6 Å². The third-order valence-electron chi connectivity index (χ3n) is 7.80. The van der Waals surface area contributed by atoms with Gasteiger partial charge in [0.15, 0.2) is 5.82 Å². The molecule has 4 heterocycles. The summed E-state index contributed by atoms with van der Waals surface area (Å²) in [6.45, 7) is 7.44. The summed E-state index contributed by atoms with van der Waals surface area (Å²) in [5.74, 6) is 2.39. The minimum absolute atomic E-state index is 0.416. The molecule has 0 amide bonds. The Hall–Kier alpha value is -3.09. The highest BCUT2D eigenvalue weighted by atomic mass is 16.5. The molecule has 34 heavy (non-hydrogen) atoms. The van der Waals surface area contributed by atoms with Gasteiger partial charge in [0.2, 0.25) is 0 Å². The molecule has 3 fully saturated rings. The van der Waals surface area contributed by atoms with Crippen LogP contribution in [0, 0.1) is 23.7 Å². The van der Waals surface area contributed by atoms with Gasteiger partial charge in [-0.1, -0.05) is 0 Å². The maximum Gasteiger partial charge on any atom is 0.159 e. The van der Waals surface area contributed by atoms with E-state index in [1.807, 2.05) is 36.1 Å². The molecule has 9 nitrogen and oxygen atoms in total. The fraction of sp³-hybridized carbons (Fsp3) is 0.560. The van der Waals surface area contributed by atoms with E-state index in [4.69, 9.17) is 14.7 Å². The number of hydrogen-bond acceptors (Lipinski definition) is 8. The number of aromatic nitrogens is 5. The maximum absolute atomic E-state index is 9.99. The number of nitrogens with zero attached hydrogens (tertiary/aromatic N) is 8. The van der Waals surface area contributed by atoms with Crippen LogP contribution < -0.4 is 4.90 Å². The Morgan fingerprint density at radius 1 is 1.06 bits per heavy atom. The van der Waals surface area contributed by atoms with E-state index in [1.165, 1.54) is 12.8 Å². The van der Waals surface area contributed by atoms with Gasteiger partial charge in [0.05, 0.1) is 30.1 Å². The van der Waals surface area contributed by atoms with Crippen molar-refractivity contribution >= 4 is 16.7 Å². The Labute approximate surface area is 199 Å². The highest BCUT2D eigenvalue weighted by Crippen LogP contribution is 2.68. The van der Waals surface area contributed by atoms with E-state index in [2.05, 4.69) is 26.0 Å². The number of anilines is 1. The van der Waals surface area contributed by atoms with Crippen LogP contribution in [-0.4, -0.2) is 76.1 Å². The van der Waals surface area contributed by atoms with Gasteiger partial charge in [0.1, 0.15) is 17.1 Å². The zero-order valence-electron chi connectivity index (χ0n) is 19.9. The molecule has 9 heteroatoms. The number of piperazine rings is 1. The third kappa shape index (κ3) is 3.62. The van der Waals surface area contributed by atoms with Gasteiger partial charge < -0.3 is 9.64 Å². The summed E-state index contributed by atoms with van der Waals surface area (Å²) in [6.07, 6.45) is 8.02. The summed E-state index contributed by atoms with van der Waals surface area (Å²) >= 11 is 0. The maximum atomic E-state index is 9.99. The molecular formula is C25H30N8O. The van der Waals surface area contributed by atoms with Crippen molar-refractivity contribution in [3.05, 3.63) is 36.0 Å². The normalized spacial score (nSPS) is 20.9. The molecule has 1 spiro atoms. The lowest BCUT2D eigenvalue weighted by Gasteiger charge is -2.43. The van der Waals surface area contributed by atoms with Crippen molar-refractivity contribution in [2.45, 2.75) is 38.0 Å². The summed E-state index contributed by atoms with van der Waals surface area (Å²) in [7, 11) is 1.75. The van der Waals surface area contributed by atoms with Crippen molar-refractivity contribution in [2.75, 3.05) is 51.3 Å². The van der Waals surface area contributed by atoms with Gasteiger partial charge in [-0.3, -0.25) is 9.88 Å². The molecule has 0 aromatic carbocycles. The van der Waals surface area contributed by atoms with Crippen molar-refractivity contribution in [1.82, 2.24) is 29.6 Å². The summed E-state index contributed by atoms with van der Waals surface area (Å²) in [6, 6.07) is 6.65. The smallest absolute Gasteiger partial charge is 0.159 e. The summed E-state index contributed by atoms with van der Waals surface area (Å²) in [5, 5.41) is 15.6. The van der Waals surface area contributed by atoms with Crippen molar-refractivity contribution in [2.24, 2.45) is 5.41 Å². The van der Waals surface area contributed by atoms with Gasteiger partial charge in [-0.05, 0) is 44.1 Å². The van der Waals surface area contributed by atoms with Crippen molar-refractivity contribution in [1.29, 1.82) is 5.26 Å². The summed E-state index contributed by atoms with van der Waals surface area (Å²) in [4.78, 5) is 18.8. The fourth-order valence-corrected chi connectivity index (χ4v) is 5.67. The Morgan fingerprint density at radius 2 is 1.82 bits per heavy atom. The second-order valence-electron chi connectivity index (χ2n) is 10.2. The fourth-order valence-electron chi connectivity index (χ4n) is 5.67. The first kappa shape index (κ1) is 21.4. The average Bonchev–Trinajstić information content (AvgIpc) is 3.51. The molecule has 3 aliphatic rings. The first-order valence-electron chi connectivity index (χ1n) is 12.1. The van der Waals surface area contributed by atoms with E-state index in [0.717, 1.165) is 86.2 Å². The Kier molecular flexibility index (Phi) is 5.04. The van der Waals surface area contributed by atoms with Crippen LogP contribution >= 0.6 is 0 Å². The molecule has 0 unspecified atom stereocenters. The molecule has 2 saturated carbocycles. The first-order chi connectivity index (χ1) is 16.5. The molecule has 3 aromatic rings. The number of ether oxygens (including phenoxy) is 1. The van der Waals surface area contributed by atoms with Crippen LogP contribution in [0.5, 0.6) is 0 Å². The molecule has 176 valence electrons. The molecule has 0 atom stereocenters. The van der Waals surface area contributed by atoms with Crippen LogP contribution in [0.3, 0.4) is 0 Å². The largest absolute Gasteiger partial charge is 0.383 e. The molecule has 0 radical (unpaired) electrons. The van der Waals surface area contributed by atoms with Crippen LogP contribution in [0.25, 0.3) is 16.7 Å². The minimum Gasteiger partial charge on any atom is -0.383 e. The summed E-state index contributed by atoms with van der Waals surface area (Å²) in [5.41, 5.74) is 1.75. The van der Waals surface area contributed by atoms with Crippen LogP contribution in [0.4, 0.5) is 5.82 Å². The standard InChI is InChI=1S/C25H30N8O/c1-18-29-22(32-7-5-31(6-8-32)9-10-34-2)12-23(30-18)33-20-11-21(27-13-19(20)14-28-33)25(17-26)15-24(16-25)3-4-24/h11-14H,3-10,15-16H2,1-2H3. The zero-order chi connectivity index (χ0) is 23.3. The monoisotopic (exact) mass is 458 g/mol. The Balaban J connectivity index is 1.29. The number of methoxy groups -OCH3 is 1. The number of pyridine rings is 1. The Morgan fingerprint density at radius 3 is 2.53 bits per heavy atom. The molecule has 3 aromatic heterocycles. The number of hydrogen-bond donors (Lipinski definition) is 0.